The minimum atomic E-state index is -0.462. The van der Waals surface area contributed by atoms with Crippen molar-refractivity contribution in [3.8, 4) is 0 Å². The summed E-state index contributed by atoms with van der Waals surface area (Å²) < 4.78 is 5.53. The van der Waals surface area contributed by atoms with E-state index in [9.17, 15) is 4.79 Å². The maximum Gasteiger partial charge on any atom is 0.410 e. The molecule has 1 heterocycles. The van der Waals surface area contributed by atoms with Crippen LogP contribution < -0.4 is 10.6 Å². The summed E-state index contributed by atoms with van der Waals surface area (Å²) in [6.07, 6.45) is 2.93. The molecule has 0 aliphatic carbocycles. The maximum absolute atomic E-state index is 12.4. The van der Waals surface area contributed by atoms with Crippen molar-refractivity contribution in [1.82, 2.24) is 15.5 Å². The molecule has 0 saturated carbocycles. The van der Waals surface area contributed by atoms with Gasteiger partial charge in [0, 0.05) is 25.7 Å². The number of hydrogen-bond donors (Lipinski definition) is 2. The molecule has 1 fully saturated rings. The molecular formula is C17H34N4O2. The van der Waals surface area contributed by atoms with Crippen molar-refractivity contribution in [3.05, 3.63) is 0 Å². The molecule has 1 saturated heterocycles. The molecule has 1 aliphatic rings. The third-order valence-electron chi connectivity index (χ3n) is 3.48. The van der Waals surface area contributed by atoms with Crippen LogP contribution in [0.25, 0.3) is 0 Å². The Kier molecular flexibility index (Phi) is 6.71. The number of aliphatic imine (C=N–C) groups is 1. The summed E-state index contributed by atoms with van der Waals surface area (Å²) in [7, 11) is 1.76. The minimum Gasteiger partial charge on any atom is -0.444 e. The molecule has 6 nitrogen and oxygen atoms in total. The smallest absolute Gasteiger partial charge is 0.410 e. The summed E-state index contributed by atoms with van der Waals surface area (Å²) in [6.45, 7) is 13.4. The molecule has 1 unspecified atom stereocenters. The quantitative estimate of drug-likeness (QED) is 0.605. The molecule has 0 aromatic carbocycles. The van der Waals surface area contributed by atoms with E-state index in [1.807, 2.05) is 25.7 Å². The van der Waals surface area contributed by atoms with E-state index in [0.717, 1.165) is 31.8 Å². The number of amides is 1. The summed E-state index contributed by atoms with van der Waals surface area (Å²) in [6, 6.07) is 0.136. The lowest BCUT2D eigenvalue weighted by Gasteiger charge is -2.37. The normalized spacial score (nSPS) is 20.2. The molecule has 23 heavy (non-hydrogen) atoms. The molecule has 0 bridgehead atoms. The maximum atomic E-state index is 12.4. The Bertz CT molecular complexity index is 421. The average molecular weight is 326 g/mol. The van der Waals surface area contributed by atoms with Gasteiger partial charge in [-0.25, -0.2) is 4.79 Å². The van der Waals surface area contributed by atoms with E-state index in [1.165, 1.54) is 0 Å². The van der Waals surface area contributed by atoms with Crippen LogP contribution in [0.3, 0.4) is 0 Å². The number of carbonyl (C=O) groups excluding carboxylic acids is 1. The van der Waals surface area contributed by atoms with Gasteiger partial charge in [0.25, 0.3) is 0 Å². The monoisotopic (exact) mass is 326 g/mol. The second-order valence-corrected chi connectivity index (χ2v) is 8.15. The highest BCUT2D eigenvalue weighted by molar-refractivity contribution is 5.80. The highest BCUT2D eigenvalue weighted by Gasteiger charge is 2.30. The standard InChI is InChI=1S/C17H34N4O2/c1-16(2,3)20-14(18-7)19-12-13-10-8-9-11-21(13)15(22)23-17(4,5)6/h13H,8-12H2,1-7H3,(H2,18,19,20). The van der Waals surface area contributed by atoms with Gasteiger partial charge in [-0.15, -0.1) is 0 Å². The molecule has 1 atom stereocenters. The van der Waals surface area contributed by atoms with Crippen molar-refractivity contribution in [2.75, 3.05) is 20.1 Å². The van der Waals surface area contributed by atoms with Gasteiger partial charge in [0.1, 0.15) is 5.60 Å². The highest BCUT2D eigenvalue weighted by atomic mass is 16.6. The van der Waals surface area contributed by atoms with Crippen LogP contribution in [0, 0.1) is 0 Å². The lowest BCUT2D eigenvalue weighted by molar-refractivity contribution is 0.0104. The third-order valence-corrected chi connectivity index (χ3v) is 3.48. The molecule has 6 heteroatoms. The fourth-order valence-electron chi connectivity index (χ4n) is 2.52. The fraction of sp³-hybridized carbons (Fsp3) is 0.882. The van der Waals surface area contributed by atoms with Crippen LogP contribution in [0.1, 0.15) is 60.8 Å². The lowest BCUT2D eigenvalue weighted by atomic mass is 10.0. The summed E-state index contributed by atoms with van der Waals surface area (Å²) >= 11 is 0. The van der Waals surface area contributed by atoms with Crippen LogP contribution in [0.5, 0.6) is 0 Å². The second-order valence-electron chi connectivity index (χ2n) is 8.15. The van der Waals surface area contributed by atoms with Gasteiger partial charge in [-0.05, 0) is 60.8 Å². The first-order valence-corrected chi connectivity index (χ1v) is 8.50. The van der Waals surface area contributed by atoms with Gasteiger partial charge in [0.05, 0.1) is 6.04 Å². The SMILES string of the molecule is CN=C(NCC1CCCCN1C(=O)OC(C)(C)C)NC(C)(C)C. The molecule has 2 N–H and O–H groups in total. The number of nitrogens with one attached hydrogen (secondary N) is 2. The first-order valence-electron chi connectivity index (χ1n) is 8.50. The Morgan fingerprint density at radius 1 is 1.22 bits per heavy atom. The average Bonchev–Trinajstić information content (AvgIpc) is 2.40. The van der Waals surface area contributed by atoms with Gasteiger partial charge >= 0.3 is 6.09 Å². The summed E-state index contributed by atoms with van der Waals surface area (Å²) in [4.78, 5) is 18.5. The Balaban J connectivity index is 2.63. The number of nitrogens with zero attached hydrogens (tertiary/aromatic N) is 2. The van der Waals surface area contributed by atoms with Gasteiger partial charge in [0.2, 0.25) is 0 Å². The summed E-state index contributed by atoms with van der Waals surface area (Å²) in [5, 5.41) is 6.66. The van der Waals surface area contributed by atoms with Crippen molar-refractivity contribution in [1.29, 1.82) is 0 Å². The van der Waals surface area contributed by atoms with Gasteiger partial charge in [-0.3, -0.25) is 4.99 Å². The van der Waals surface area contributed by atoms with Crippen molar-refractivity contribution >= 4 is 12.1 Å². The van der Waals surface area contributed by atoms with Gasteiger partial charge in [-0.1, -0.05) is 0 Å². The van der Waals surface area contributed by atoms with Crippen LogP contribution in [-0.2, 0) is 4.74 Å². The van der Waals surface area contributed by atoms with E-state index in [4.69, 9.17) is 4.74 Å². The molecule has 0 spiro atoms. The number of guanidine groups is 1. The van der Waals surface area contributed by atoms with Crippen molar-refractivity contribution in [3.63, 3.8) is 0 Å². The number of rotatable bonds is 2. The van der Waals surface area contributed by atoms with Crippen molar-refractivity contribution < 1.29 is 9.53 Å². The lowest BCUT2D eigenvalue weighted by Crippen LogP contribution is -2.54. The zero-order valence-corrected chi connectivity index (χ0v) is 15.8. The molecule has 1 amide bonds. The van der Waals surface area contributed by atoms with Gasteiger partial charge in [-0.2, -0.15) is 0 Å². The number of hydrogen-bond acceptors (Lipinski definition) is 3. The first-order chi connectivity index (χ1) is 10.5. The Labute approximate surface area is 141 Å². The fourth-order valence-corrected chi connectivity index (χ4v) is 2.52. The minimum absolute atomic E-state index is 0.0563. The van der Waals surface area contributed by atoms with E-state index >= 15 is 0 Å². The molecule has 0 aromatic heterocycles. The number of ether oxygens (including phenoxy) is 1. The zero-order valence-electron chi connectivity index (χ0n) is 15.8. The molecule has 134 valence electrons. The zero-order chi connectivity index (χ0) is 17.7. The molecule has 1 aliphatic heterocycles. The van der Waals surface area contributed by atoms with E-state index in [1.54, 1.807) is 7.05 Å². The van der Waals surface area contributed by atoms with Crippen LogP contribution >= 0.6 is 0 Å². The Morgan fingerprint density at radius 2 is 1.87 bits per heavy atom. The number of piperidine rings is 1. The van der Waals surface area contributed by atoms with E-state index in [-0.39, 0.29) is 17.7 Å². The van der Waals surface area contributed by atoms with Gasteiger partial charge < -0.3 is 20.3 Å². The number of likely N-dealkylation sites (tertiary alicyclic amines) is 1. The van der Waals surface area contributed by atoms with Crippen molar-refractivity contribution in [2.24, 2.45) is 4.99 Å². The van der Waals surface area contributed by atoms with Crippen molar-refractivity contribution in [2.45, 2.75) is 78.0 Å². The highest BCUT2D eigenvalue weighted by Crippen LogP contribution is 2.20. The van der Waals surface area contributed by atoms with Crippen LogP contribution in [0.4, 0.5) is 4.79 Å². The molecule has 1 rings (SSSR count). The molecular weight excluding hydrogens is 292 g/mol. The van der Waals surface area contributed by atoms with Crippen LogP contribution in [-0.4, -0.2) is 54.3 Å². The molecule has 0 aromatic rings. The first kappa shape index (κ1) is 19.6. The topological polar surface area (TPSA) is 66.0 Å². The van der Waals surface area contributed by atoms with E-state index < -0.39 is 5.60 Å². The molecule has 0 radical (unpaired) electrons. The predicted octanol–water partition coefficient (Wildman–Crippen LogP) is 2.74. The number of carbonyl (C=O) groups is 1. The second kappa shape index (κ2) is 7.88. The third kappa shape index (κ3) is 7.57. The summed E-state index contributed by atoms with van der Waals surface area (Å²) in [5.41, 5.74) is -0.518. The van der Waals surface area contributed by atoms with Gasteiger partial charge in [0.15, 0.2) is 5.96 Å². The Hall–Kier alpha value is -1.46. The summed E-state index contributed by atoms with van der Waals surface area (Å²) in [5.74, 6) is 0.757. The predicted molar refractivity (Wildman–Crippen MR) is 94.8 cm³/mol. The van der Waals surface area contributed by atoms with E-state index in [0.29, 0.717) is 6.54 Å². The Morgan fingerprint density at radius 3 is 2.39 bits per heavy atom. The largest absolute Gasteiger partial charge is 0.444 e. The van der Waals surface area contributed by atoms with Crippen LogP contribution in [0.2, 0.25) is 0 Å². The van der Waals surface area contributed by atoms with E-state index in [2.05, 4.69) is 36.4 Å². The van der Waals surface area contributed by atoms with Crippen LogP contribution in [0.15, 0.2) is 4.99 Å².